The first-order valence-electron chi connectivity index (χ1n) is 9.28. The highest BCUT2D eigenvalue weighted by molar-refractivity contribution is 4.75. The van der Waals surface area contributed by atoms with Crippen LogP contribution in [0.3, 0.4) is 0 Å². The van der Waals surface area contributed by atoms with Gasteiger partial charge in [0.05, 0.1) is 0 Å². The average Bonchev–Trinajstić information content (AvgIpc) is 2.44. The van der Waals surface area contributed by atoms with E-state index >= 15 is 0 Å². The molecule has 0 aromatic heterocycles. The van der Waals surface area contributed by atoms with Crippen molar-refractivity contribution < 1.29 is 0 Å². The van der Waals surface area contributed by atoms with Crippen molar-refractivity contribution in [3.05, 3.63) is 0 Å². The van der Waals surface area contributed by atoms with Crippen LogP contribution in [0.2, 0.25) is 0 Å². The molecule has 0 aromatic carbocycles. The second-order valence-electron chi connectivity index (χ2n) is 8.53. The van der Waals surface area contributed by atoms with Crippen molar-refractivity contribution in [3.8, 4) is 0 Å². The first-order valence-corrected chi connectivity index (χ1v) is 9.28. The van der Waals surface area contributed by atoms with Gasteiger partial charge in [-0.05, 0) is 51.5 Å². The molecule has 2 fully saturated rings. The summed E-state index contributed by atoms with van der Waals surface area (Å²) in [6.45, 7) is 20.8. The van der Waals surface area contributed by atoms with E-state index in [1.54, 1.807) is 0 Å². The molecule has 22 heavy (non-hydrogen) atoms. The standard InChI is InChI=1S/C18H38N4/c1-18(2,3)17-22-10-6-9-20-12-11-19(4)7-5-8-21(14-13-20)15-16-22/h5-17H2,1-4H3. The molecule has 2 aliphatic heterocycles. The SMILES string of the molecule is CN1CCCN2CCN(CCCN(CC(C)(C)C)CC2)CC1. The summed E-state index contributed by atoms with van der Waals surface area (Å²) in [5.74, 6) is 0. The largest absolute Gasteiger partial charge is 0.305 e. The Kier molecular flexibility index (Phi) is 7.13. The third-order valence-corrected chi connectivity index (χ3v) is 4.92. The molecule has 4 heteroatoms. The number of likely N-dealkylation sites (N-methyl/N-ethyl adjacent to an activating group) is 1. The summed E-state index contributed by atoms with van der Waals surface area (Å²) < 4.78 is 0. The maximum absolute atomic E-state index is 2.70. The fourth-order valence-corrected chi connectivity index (χ4v) is 3.68. The Balaban J connectivity index is 1.96. The molecule has 2 heterocycles. The second-order valence-corrected chi connectivity index (χ2v) is 8.53. The van der Waals surface area contributed by atoms with Gasteiger partial charge in [-0.25, -0.2) is 0 Å². The van der Waals surface area contributed by atoms with Crippen LogP contribution in [0, 0.1) is 5.41 Å². The van der Waals surface area contributed by atoms with Gasteiger partial charge in [0.1, 0.15) is 0 Å². The Bertz CT molecular complexity index is 313. The molecule has 4 nitrogen and oxygen atoms in total. The van der Waals surface area contributed by atoms with Crippen LogP contribution in [0.4, 0.5) is 0 Å². The molecule has 2 unspecified atom stereocenters. The van der Waals surface area contributed by atoms with E-state index in [-0.39, 0.29) is 0 Å². The number of hydrogen-bond donors (Lipinski definition) is 0. The fraction of sp³-hybridized carbons (Fsp3) is 1.00. The molecule has 2 atom stereocenters. The van der Waals surface area contributed by atoms with Crippen molar-refractivity contribution in [3.63, 3.8) is 0 Å². The Labute approximate surface area is 138 Å². The predicted octanol–water partition coefficient (Wildman–Crippen LogP) is 1.68. The van der Waals surface area contributed by atoms with Gasteiger partial charge in [0.15, 0.2) is 0 Å². The van der Waals surface area contributed by atoms with E-state index in [2.05, 4.69) is 47.4 Å². The fourth-order valence-electron chi connectivity index (χ4n) is 3.68. The molecule has 130 valence electrons. The van der Waals surface area contributed by atoms with Crippen LogP contribution in [-0.2, 0) is 0 Å². The van der Waals surface area contributed by atoms with Gasteiger partial charge in [-0.1, -0.05) is 20.8 Å². The van der Waals surface area contributed by atoms with E-state index in [0.717, 1.165) is 0 Å². The zero-order chi connectivity index (χ0) is 16.0. The average molecular weight is 311 g/mol. The van der Waals surface area contributed by atoms with Crippen LogP contribution in [0.5, 0.6) is 0 Å². The van der Waals surface area contributed by atoms with Crippen LogP contribution < -0.4 is 0 Å². The molecule has 2 bridgehead atoms. The zero-order valence-electron chi connectivity index (χ0n) is 15.5. The lowest BCUT2D eigenvalue weighted by Gasteiger charge is -2.36. The monoisotopic (exact) mass is 310 g/mol. The van der Waals surface area contributed by atoms with Crippen LogP contribution >= 0.6 is 0 Å². The quantitative estimate of drug-likeness (QED) is 0.730. The molecule has 2 rings (SSSR count). The molecular weight excluding hydrogens is 272 g/mol. The molecular formula is C18H38N4. The van der Waals surface area contributed by atoms with Crippen molar-refractivity contribution >= 4 is 0 Å². The topological polar surface area (TPSA) is 13.0 Å². The van der Waals surface area contributed by atoms with Crippen LogP contribution in [0.1, 0.15) is 33.6 Å². The maximum Gasteiger partial charge on any atom is 0.0110 e. The number of hydrogen-bond acceptors (Lipinski definition) is 4. The minimum Gasteiger partial charge on any atom is -0.305 e. The number of nitrogens with zero attached hydrogens (tertiary/aromatic N) is 4. The molecule has 2 saturated heterocycles. The molecule has 0 radical (unpaired) electrons. The van der Waals surface area contributed by atoms with Gasteiger partial charge in [0.2, 0.25) is 0 Å². The van der Waals surface area contributed by atoms with Crippen LogP contribution in [0.25, 0.3) is 0 Å². The van der Waals surface area contributed by atoms with Gasteiger partial charge >= 0.3 is 0 Å². The van der Waals surface area contributed by atoms with Crippen molar-refractivity contribution in [2.45, 2.75) is 33.6 Å². The summed E-state index contributed by atoms with van der Waals surface area (Å²) >= 11 is 0. The lowest BCUT2D eigenvalue weighted by atomic mass is 9.96. The van der Waals surface area contributed by atoms with Crippen molar-refractivity contribution in [1.29, 1.82) is 0 Å². The molecule has 0 spiro atoms. The van der Waals surface area contributed by atoms with E-state index in [9.17, 15) is 0 Å². The van der Waals surface area contributed by atoms with Crippen molar-refractivity contribution in [1.82, 2.24) is 19.6 Å². The summed E-state index contributed by atoms with van der Waals surface area (Å²) in [7, 11) is 2.28. The Hall–Kier alpha value is -0.160. The third kappa shape index (κ3) is 6.95. The van der Waals surface area contributed by atoms with E-state index < -0.39 is 0 Å². The highest BCUT2D eigenvalue weighted by Gasteiger charge is 2.20. The van der Waals surface area contributed by atoms with E-state index in [1.165, 1.54) is 84.8 Å². The lowest BCUT2D eigenvalue weighted by Crippen LogP contribution is -2.47. The normalized spacial score (nSPS) is 31.1. The molecule has 0 aromatic rings. The summed E-state index contributed by atoms with van der Waals surface area (Å²) in [6, 6.07) is 0. The van der Waals surface area contributed by atoms with Gasteiger partial charge in [-0.15, -0.1) is 0 Å². The molecule has 0 aliphatic carbocycles. The van der Waals surface area contributed by atoms with Gasteiger partial charge in [-0.2, -0.15) is 0 Å². The van der Waals surface area contributed by atoms with Gasteiger partial charge < -0.3 is 19.6 Å². The minimum absolute atomic E-state index is 0.406. The zero-order valence-corrected chi connectivity index (χ0v) is 15.5. The first kappa shape index (κ1) is 18.2. The minimum atomic E-state index is 0.406. The van der Waals surface area contributed by atoms with Gasteiger partial charge in [0.25, 0.3) is 0 Å². The smallest absolute Gasteiger partial charge is 0.0110 e. The first-order chi connectivity index (χ1) is 10.4. The highest BCUT2D eigenvalue weighted by Crippen LogP contribution is 2.16. The van der Waals surface area contributed by atoms with Crippen LogP contribution in [0.15, 0.2) is 0 Å². The Morgan fingerprint density at radius 2 is 1.18 bits per heavy atom. The third-order valence-electron chi connectivity index (χ3n) is 4.92. The van der Waals surface area contributed by atoms with Crippen molar-refractivity contribution in [2.75, 3.05) is 79.0 Å². The molecule has 2 aliphatic rings. The lowest BCUT2D eigenvalue weighted by molar-refractivity contribution is 0.112. The van der Waals surface area contributed by atoms with Crippen molar-refractivity contribution in [2.24, 2.45) is 5.41 Å². The van der Waals surface area contributed by atoms with E-state index in [0.29, 0.717) is 5.41 Å². The Morgan fingerprint density at radius 1 is 0.636 bits per heavy atom. The summed E-state index contributed by atoms with van der Waals surface area (Å²) in [5, 5.41) is 0. The summed E-state index contributed by atoms with van der Waals surface area (Å²) in [6.07, 6.45) is 2.63. The van der Waals surface area contributed by atoms with E-state index in [1.807, 2.05) is 0 Å². The summed E-state index contributed by atoms with van der Waals surface area (Å²) in [5.41, 5.74) is 0.406. The van der Waals surface area contributed by atoms with Crippen LogP contribution in [-0.4, -0.2) is 98.6 Å². The molecule has 0 N–H and O–H groups in total. The Morgan fingerprint density at radius 3 is 1.82 bits per heavy atom. The summed E-state index contributed by atoms with van der Waals surface area (Å²) in [4.78, 5) is 10.6. The van der Waals surface area contributed by atoms with E-state index in [4.69, 9.17) is 0 Å². The molecule has 0 saturated carbocycles. The number of rotatable bonds is 1. The predicted molar refractivity (Wildman–Crippen MR) is 95.5 cm³/mol. The highest BCUT2D eigenvalue weighted by atomic mass is 15.3. The van der Waals surface area contributed by atoms with Gasteiger partial charge in [0, 0.05) is 45.8 Å². The molecule has 0 amide bonds. The number of fused-ring (bicyclic) bond motifs is 3. The van der Waals surface area contributed by atoms with Gasteiger partial charge in [-0.3, -0.25) is 0 Å². The second kappa shape index (κ2) is 8.62. The maximum atomic E-state index is 2.70.